The number of thiophene rings is 1. The molecule has 0 bridgehead atoms. The van der Waals surface area contributed by atoms with Crippen LogP contribution in [-0.2, 0) is 24.2 Å². The molecule has 2 aromatic heterocycles. The van der Waals surface area contributed by atoms with Gasteiger partial charge >= 0.3 is 0 Å². The third-order valence-electron chi connectivity index (χ3n) is 5.36. The summed E-state index contributed by atoms with van der Waals surface area (Å²) in [7, 11) is 3.31. The van der Waals surface area contributed by atoms with Gasteiger partial charge in [-0.25, -0.2) is 0 Å². The van der Waals surface area contributed by atoms with Gasteiger partial charge in [-0.1, -0.05) is 5.16 Å². The maximum atomic E-state index is 12.2. The zero-order valence-corrected chi connectivity index (χ0v) is 18.5. The van der Waals surface area contributed by atoms with E-state index >= 15 is 0 Å². The summed E-state index contributed by atoms with van der Waals surface area (Å²) < 4.78 is 16.1. The van der Waals surface area contributed by atoms with Gasteiger partial charge < -0.3 is 19.3 Å². The fourth-order valence-corrected chi connectivity index (χ4v) is 4.29. The molecule has 0 saturated heterocycles. The molecule has 1 aromatic carbocycles. The van der Waals surface area contributed by atoms with E-state index in [0.29, 0.717) is 31.1 Å². The maximum absolute atomic E-state index is 12.2. The van der Waals surface area contributed by atoms with Gasteiger partial charge in [-0.05, 0) is 41.1 Å². The van der Waals surface area contributed by atoms with Crippen LogP contribution in [0.15, 0.2) is 33.5 Å². The first kappa shape index (κ1) is 21.3. The lowest BCUT2D eigenvalue weighted by atomic mass is 9.99. The zero-order valence-electron chi connectivity index (χ0n) is 17.7. The minimum absolute atomic E-state index is 0.0147. The number of methoxy groups -OCH3 is 2. The lowest BCUT2D eigenvalue weighted by Gasteiger charge is -2.29. The number of ether oxygens (including phenoxy) is 2. The molecule has 3 heterocycles. The number of benzene rings is 1. The average molecular weight is 443 g/mol. The highest BCUT2D eigenvalue weighted by atomic mass is 32.1. The number of hydrogen-bond donors (Lipinski definition) is 1. The molecule has 0 atom stereocenters. The number of hydrogen-bond acceptors (Lipinski definition) is 8. The number of amides is 1. The number of aryl methyl sites for hydroxylation is 1. The lowest BCUT2D eigenvalue weighted by Crippen LogP contribution is -2.37. The minimum atomic E-state index is -0.0147. The Labute approximate surface area is 185 Å². The Balaban J connectivity index is 1.21. The van der Waals surface area contributed by atoms with Crippen LogP contribution < -0.4 is 14.8 Å². The van der Waals surface area contributed by atoms with Gasteiger partial charge in [-0.15, -0.1) is 0 Å². The number of carbonyl (C=O) groups excluding carboxylic acids is 1. The van der Waals surface area contributed by atoms with Gasteiger partial charge in [0.2, 0.25) is 17.6 Å². The van der Waals surface area contributed by atoms with Crippen LogP contribution in [0.4, 0.5) is 0 Å². The third-order valence-corrected chi connectivity index (χ3v) is 6.04. The number of nitrogens with one attached hydrogen (secondary N) is 1. The van der Waals surface area contributed by atoms with Crippen molar-refractivity contribution in [2.45, 2.75) is 25.8 Å². The largest absolute Gasteiger partial charge is 0.493 e. The zero-order chi connectivity index (χ0) is 21.6. The summed E-state index contributed by atoms with van der Waals surface area (Å²) in [5, 5.41) is 10.9. The quantitative estimate of drug-likeness (QED) is 0.545. The SMILES string of the molecule is COc1cc2c(cc1OC)CN(CCNC(=O)CCc1nc(-c3ccsc3)no1)CC2. The van der Waals surface area contributed by atoms with E-state index in [-0.39, 0.29) is 5.91 Å². The molecule has 0 unspecified atom stereocenters. The van der Waals surface area contributed by atoms with Gasteiger partial charge in [0.05, 0.1) is 14.2 Å². The van der Waals surface area contributed by atoms with E-state index in [1.54, 1.807) is 25.6 Å². The van der Waals surface area contributed by atoms with Crippen LogP contribution in [0.3, 0.4) is 0 Å². The minimum Gasteiger partial charge on any atom is -0.493 e. The molecule has 3 aromatic rings. The monoisotopic (exact) mass is 442 g/mol. The van der Waals surface area contributed by atoms with Crippen LogP contribution in [-0.4, -0.2) is 54.8 Å². The Hall–Kier alpha value is -2.91. The van der Waals surface area contributed by atoms with Gasteiger partial charge in [-0.2, -0.15) is 16.3 Å². The second-order valence-electron chi connectivity index (χ2n) is 7.38. The van der Waals surface area contributed by atoms with Crippen LogP contribution >= 0.6 is 11.3 Å². The van der Waals surface area contributed by atoms with E-state index in [0.717, 1.165) is 43.1 Å². The lowest BCUT2D eigenvalue weighted by molar-refractivity contribution is -0.121. The molecule has 164 valence electrons. The summed E-state index contributed by atoms with van der Waals surface area (Å²) in [5.74, 6) is 2.55. The van der Waals surface area contributed by atoms with Crippen molar-refractivity contribution < 1.29 is 18.8 Å². The van der Waals surface area contributed by atoms with E-state index in [1.165, 1.54) is 11.1 Å². The first-order chi connectivity index (χ1) is 15.2. The van der Waals surface area contributed by atoms with Gasteiger partial charge in [0, 0.05) is 50.0 Å². The summed E-state index contributed by atoms with van der Waals surface area (Å²) in [6.07, 6.45) is 1.71. The molecular formula is C22H26N4O4S. The molecule has 1 N–H and O–H groups in total. The number of nitrogens with zero attached hydrogens (tertiary/aromatic N) is 3. The fourth-order valence-electron chi connectivity index (χ4n) is 3.66. The van der Waals surface area contributed by atoms with Gasteiger partial charge in [-0.3, -0.25) is 9.69 Å². The van der Waals surface area contributed by atoms with Crippen molar-refractivity contribution in [3.05, 3.63) is 46.0 Å². The van der Waals surface area contributed by atoms with E-state index in [9.17, 15) is 4.79 Å². The molecule has 8 nitrogen and oxygen atoms in total. The van der Waals surface area contributed by atoms with Crippen molar-refractivity contribution in [2.75, 3.05) is 33.9 Å². The van der Waals surface area contributed by atoms with Crippen LogP contribution in [0.25, 0.3) is 11.4 Å². The predicted molar refractivity (Wildman–Crippen MR) is 117 cm³/mol. The van der Waals surface area contributed by atoms with Gasteiger partial charge in [0.25, 0.3) is 0 Å². The molecule has 0 fully saturated rings. The maximum Gasteiger partial charge on any atom is 0.227 e. The number of fused-ring (bicyclic) bond motifs is 1. The first-order valence-corrected chi connectivity index (χ1v) is 11.2. The number of aromatic nitrogens is 2. The molecule has 31 heavy (non-hydrogen) atoms. The molecule has 0 saturated carbocycles. The molecule has 1 amide bonds. The number of rotatable bonds is 9. The second kappa shape index (κ2) is 9.93. The molecule has 4 rings (SSSR count). The van der Waals surface area contributed by atoms with Gasteiger partial charge in [0.15, 0.2) is 11.5 Å². The molecule has 1 aliphatic heterocycles. The van der Waals surface area contributed by atoms with Crippen LogP contribution in [0.1, 0.15) is 23.4 Å². The molecule has 1 aliphatic rings. The van der Waals surface area contributed by atoms with Crippen molar-refractivity contribution in [1.82, 2.24) is 20.4 Å². The van der Waals surface area contributed by atoms with Crippen LogP contribution in [0.5, 0.6) is 11.5 Å². The van der Waals surface area contributed by atoms with Gasteiger partial charge in [0.1, 0.15) is 0 Å². The molecule has 0 spiro atoms. The molecule has 0 aliphatic carbocycles. The standard InChI is InChI=1S/C22H26N4O4S/c1-28-18-11-15-5-8-26(13-17(15)12-19(18)29-2)9-7-23-20(27)3-4-21-24-22(25-30-21)16-6-10-31-14-16/h6,10-12,14H,3-5,7-9,13H2,1-2H3,(H,23,27). The highest BCUT2D eigenvalue weighted by molar-refractivity contribution is 7.08. The molecule has 9 heteroatoms. The average Bonchev–Trinajstić information content (AvgIpc) is 3.48. The van der Waals surface area contributed by atoms with Crippen molar-refractivity contribution in [2.24, 2.45) is 0 Å². The predicted octanol–water partition coefficient (Wildman–Crippen LogP) is 2.92. The Morgan fingerprint density at radius 2 is 2.06 bits per heavy atom. The van der Waals surface area contributed by atoms with Crippen molar-refractivity contribution in [3.63, 3.8) is 0 Å². The smallest absolute Gasteiger partial charge is 0.227 e. The van der Waals surface area contributed by atoms with Crippen LogP contribution in [0.2, 0.25) is 0 Å². The molecule has 0 radical (unpaired) electrons. The highest BCUT2D eigenvalue weighted by Gasteiger charge is 2.19. The Bertz CT molecular complexity index is 1020. The summed E-state index contributed by atoms with van der Waals surface area (Å²) >= 11 is 1.58. The normalized spacial score (nSPS) is 13.6. The van der Waals surface area contributed by atoms with E-state index < -0.39 is 0 Å². The topological polar surface area (TPSA) is 89.7 Å². The number of carbonyl (C=O) groups is 1. The Morgan fingerprint density at radius 3 is 2.81 bits per heavy atom. The second-order valence-corrected chi connectivity index (χ2v) is 8.16. The summed E-state index contributed by atoms with van der Waals surface area (Å²) in [4.78, 5) is 18.9. The van der Waals surface area contributed by atoms with Crippen molar-refractivity contribution in [1.29, 1.82) is 0 Å². The van der Waals surface area contributed by atoms with Crippen LogP contribution in [0, 0.1) is 0 Å². The van der Waals surface area contributed by atoms with E-state index in [2.05, 4.69) is 26.4 Å². The first-order valence-electron chi connectivity index (χ1n) is 10.2. The van der Waals surface area contributed by atoms with Crippen molar-refractivity contribution >= 4 is 17.2 Å². The third kappa shape index (κ3) is 5.23. The van der Waals surface area contributed by atoms with Crippen molar-refractivity contribution in [3.8, 4) is 22.9 Å². The Morgan fingerprint density at radius 1 is 1.26 bits per heavy atom. The summed E-state index contributed by atoms with van der Waals surface area (Å²) in [5.41, 5.74) is 3.47. The van der Waals surface area contributed by atoms with E-state index in [1.807, 2.05) is 22.9 Å². The summed E-state index contributed by atoms with van der Waals surface area (Å²) in [6.45, 7) is 3.18. The summed E-state index contributed by atoms with van der Waals surface area (Å²) in [6, 6.07) is 6.06. The molecular weight excluding hydrogens is 416 g/mol. The van der Waals surface area contributed by atoms with E-state index in [4.69, 9.17) is 14.0 Å². The Kier molecular flexibility index (Phi) is 6.83. The fraction of sp³-hybridized carbons (Fsp3) is 0.409. The highest BCUT2D eigenvalue weighted by Crippen LogP contribution is 2.33.